The molecular formula is C14H22N2O5. The maximum atomic E-state index is 12.0. The normalized spacial score (nSPS) is 28.7. The van der Waals surface area contributed by atoms with Crippen LogP contribution < -0.4 is 10.6 Å². The number of carbonyl (C=O) groups is 3. The van der Waals surface area contributed by atoms with Gasteiger partial charge in [0, 0.05) is 18.5 Å². The molecule has 2 heterocycles. The number of hydrogen-bond acceptors (Lipinski definition) is 5. The second kappa shape index (κ2) is 6.89. The van der Waals surface area contributed by atoms with Crippen LogP contribution in [-0.4, -0.2) is 48.2 Å². The Morgan fingerprint density at radius 3 is 2.43 bits per heavy atom. The lowest BCUT2D eigenvalue weighted by atomic mass is 9.89. The van der Waals surface area contributed by atoms with Gasteiger partial charge in [-0.2, -0.15) is 0 Å². The summed E-state index contributed by atoms with van der Waals surface area (Å²) < 4.78 is 4.44. The van der Waals surface area contributed by atoms with E-state index in [2.05, 4.69) is 15.4 Å². The summed E-state index contributed by atoms with van der Waals surface area (Å²) in [5.74, 6) is -1.89. The van der Waals surface area contributed by atoms with E-state index in [4.69, 9.17) is 5.11 Å². The van der Waals surface area contributed by atoms with Crippen molar-refractivity contribution >= 4 is 17.8 Å². The lowest BCUT2D eigenvalue weighted by molar-refractivity contribution is -0.148. The van der Waals surface area contributed by atoms with Crippen molar-refractivity contribution < 1.29 is 24.2 Å². The van der Waals surface area contributed by atoms with E-state index in [9.17, 15) is 14.4 Å². The maximum absolute atomic E-state index is 12.0. The summed E-state index contributed by atoms with van der Waals surface area (Å²) in [5.41, 5.74) is 0. The predicted octanol–water partition coefficient (Wildman–Crippen LogP) is 0.0396. The molecule has 0 aromatic carbocycles. The maximum Gasteiger partial charge on any atom is 0.326 e. The molecule has 2 bridgehead atoms. The Kier molecular flexibility index (Phi) is 5.17. The lowest BCUT2D eigenvalue weighted by Crippen LogP contribution is -2.44. The Hall–Kier alpha value is -1.63. The second-order valence-corrected chi connectivity index (χ2v) is 5.92. The van der Waals surface area contributed by atoms with Crippen LogP contribution in [0, 0.1) is 5.92 Å². The predicted molar refractivity (Wildman–Crippen MR) is 73.5 cm³/mol. The van der Waals surface area contributed by atoms with Gasteiger partial charge in [0.25, 0.3) is 0 Å². The van der Waals surface area contributed by atoms with E-state index in [1.807, 2.05) is 0 Å². The first kappa shape index (κ1) is 15.8. The molecule has 7 nitrogen and oxygen atoms in total. The number of esters is 1. The van der Waals surface area contributed by atoms with Crippen molar-refractivity contribution in [1.82, 2.24) is 10.6 Å². The number of hydrogen-bond donors (Lipinski definition) is 3. The van der Waals surface area contributed by atoms with Crippen molar-refractivity contribution in [3.8, 4) is 0 Å². The van der Waals surface area contributed by atoms with Gasteiger partial charge in [-0.05, 0) is 31.6 Å². The van der Waals surface area contributed by atoms with E-state index >= 15 is 0 Å². The Morgan fingerprint density at radius 2 is 1.90 bits per heavy atom. The molecule has 0 aromatic rings. The third kappa shape index (κ3) is 4.42. The number of carbonyl (C=O) groups excluding carboxylic acids is 2. The van der Waals surface area contributed by atoms with Gasteiger partial charge in [0.1, 0.15) is 6.04 Å². The van der Waals surface area contributed by atoms with E-state index < -0.39 is 18.0 Å². The SMILES string of the molecule is COC(=O)C[C@H](NC(=O)CC1CC2CCC(C1)N2)C(=O)O. The number of rotatable bonds is 6. The highest BCUT2D eigenvalue weighted by atomic mass is 16.5. The van der Waals surface area contributed by atoms with Crippen molar-refractivity contribution in [2.24, 2.45) is 5.92 Å². The molecule has 0 spiro atoms. The monoisotopic (exact) mass is 298 g/mol. The molecule has 3 atom stereocenters. The molecule has 2 unspecified atom stereocenters. The molecule has 3 N–H and O–H groups in total. The van der Waals surface area contributed by atoms with Crippen LogP contribution in [0.4, 0.5) is 0 Å². The number of fused-ring (bicyclic) bond motifs is 2. The summed E-state index contributed by atoms with van der Waals surface area (Å²) in [5, 5.41) is 15.0. The first-order valence-electron chi connectivity index (χ1n) is 7.33. The number of ether oxygens (including phenoxy) is 1. The molecule has 0 saturated carbocycles. The van der Waals surface area contributed by atoms with Crippen LogP contribution in [-0.2, 0) is 19.1 Å². The molecule has 0 aliphatic carbocycles. The van der Waals surface area contributed by atoms with Crippen molar-refractivity contribution in [2.75, 3.05) is 7.11 Å². The van der Waals surface area contributed by atoms with Gasteiger partial charge in [-0.25, -0.2) is 4.79 Å². The lowest BCUT2D eigenvalue weighted by Gasteiger charge is -2.28. The van der Waals surface area contributed by atoms with Crippen molar-refractivity contribution in [1.29, 1.82) is 0 Å². The van der Waals surface area contributed by atoms with Gasteiger partial charge in [0.05, 0.1) is 13.5 Å². The largest absolute Gasteiger partial charge is 0.480 e. The zero-order chi connectivity index (χ0) is 15.4. The minimum absolute atomic E-state index is 0.288. The van der Waals surface area contributed by atoms with E-state index in [0.29, 0.717) is 18.5 Å². The first-order chi connectivity index (χ1) is 9.97. The molecule has 2 rings (SSSR count). The average molecular weight is 298 g/mol. The third-order valence-electron chi connectivity index (χ3n) is 4.28. The molecule has 7 heteroatoms. The van der Waals surface area contributed by atoms with Gasteiger partial charge in [-0.3, -0.25) is 9.59 Å². The molecule has 0 radical (unpaired) electrons. The second-order valence-electron chi connectivity index (χ2n) is 5.92. The standard InChI is InChI=1S/C14H22N2O5/c1-21-13(18)7-11(14(19)20)16-12(17)6-8-4-9-2-3-10(5-8)15-9/h8-11,15H,2-7H2,1H3,(H,16,17)(H,19,20)/t8?,9?,10?,11-/m0/s1. The smallest absolute Gasteiger partial charge is 0.326 e. The van der Waals surface area contributed by atoms with E-state index in [0.717, 1.165) is 25.7 Å². The van der Waals surface area contributed by atoms with Gasteiger partial charge < -0.3 is 20.5 Å². The molecule has 1 amide bonds. The number of carboxylic acid groups (broad SMARTS) is 1. The van der Waals surface area contributed by atoms with Crippen molar-refractivity contribution in [3.05, 3.63) is 0 Å². The first-order valence-corrected chi connectivity index (χ1v) is 7.33. The van der Waals surface area contributed by atoms with Crippen LogP contribution in [0.5, 0.6) is 0 Å². The van der Waals surface area contributed by atoms with Crippen LogP contribution in [0.3, 0.4) is 0 Å². The molecular weight excluding hydrogens is 276 g/mol. The van der Waals surface area contributed by atoms with Gasteiger partial charge in [0.15, 0.2) is 0 Å². The molecule has 2 aliphatic heterocycles. The molecule has 2 fully saturated rings. The Morgan fingerprint density at radius 1 is 1.29 bits per heavy atom. The average Bonchev–Trinajstić information content (AvgIpc) is 2.76. The third-order valence-corrected chi connectivity index (χ3v) is 4.28. The van der Waals surface area contributed by atoms with Crippen LogP contribution in [0.2, 0.25) is 0 Å². The number of nitrogens with one attached hydrogen (secondary N) is 2. The van der Waals surface area contributed by atoms with Gasteiger partial charge in [-0.1, -0.05) is 0 Å². The number of amides is 1. The zero-order valence-corrected chi connectivity index (χ0v) is 12.1. The Balaban J connectivity index is 1.81. The van der Waals surface area contributed by atoms with Crippen LogP contribution >= 0.6 is 0 Å². The summed E-state index contributed by atoms with van der Waals surface area (Å²) in [4.78, 5) is 34.2. The van der Waals surface area contributed by atoms with Crippen LogP contribution in [0.1, 0.15) is 38.5 Å². The minimum atomic E-state index is -1.22. The van der Waals surface area contributed by atoms with Crippen molar-refractivity contribution in [2.45, 2.75) is 56.7 Å². The highest BCUT2D eigenvalue weighted by molar-refractivity contribution is 5.87. The zero-order valence-electron chi connectivity index (χ0n) is 12.1. The number of methoxy groups -OCH3 is 1. The van der Waals surface area contributed by atoms with Crippen LogP contribution in [0.25, 0.3) is 0 Å². The molecule has 21 heavy (non-hydrogen) atoms. The fraction of sp³-hybridized carbons (Fsp3) is 0.786. The molecule has 2 saturated heterocycles. The van der Waals surface area contributed by atoms with E-state index in [1.165, 1.54) is 7.11 Å². The number of piperidine rings is 1. The molecule has 2 aliphatic rings. The van der Waals surface area contributed by atoms with Gasteiger partial charge >= 0.3 is 11.9 Å². The highest BCUT2D eigenvalue weighted by Crippen LogP contribution is 2.32. The van der Waals surface area contributed by atoms with E-state index in [-0.39, 0.29) is 18.2 Å². The van der Waals surface area contributed by atoms with E-state index in [1.54, 1.807) is 0 Å². The molecule has 118 valence electrons. The Bertz CT molecular complexity index is 414. The fourth-order valence-electron chi connectivity index (χ4n) is 3.31. The minimum Gasteiger partial charge on any atom is -0.480 e. The number of carboxylic acids is 1. The summed E-state index contributed by atoms with van der Waals surface area (Å²) >= 11 is 0. The fourth-order valence-corrected chi connectivity index (χ4v) is 3.31. The highest BCUT2D eigenvalue weighted by Gasteiger charge is 2.34. The molecule has 0 aromatic heterocycles. The summed E-state index contributed by atoms with van der Waals surface area (Å²) in [6.07, 6.45) is 4.19. The van der Waals surface area contributed by atoms with Crippen molar-refractivity contribution in [3.63, 3.8) is 0 Å². The van der Waals surface area contributed by atoms with Gasteiger partial charge in [0.2, 0.25) is 5.91 Å². The Labute approximate surface area is 123 Å². The number of aliphatic carboxylic acids is 1. The van der Waals surface area contributed by atoms with Gasteiger partial charge in [-0.15, -0.1) is 0 Å². The quantitative estimate of drug-likeness (QED) is 0.598. The summed E-state index contributed by atoms with van der Waals surface area (Å²) in [6.45, 7) is 0. The summed E-state index contributed by atoms with van der Waals surface area (Å²) in [6, 6.07) is -0.234. The summed E-state index contributed by atoms with van der Waals surface area (Å²) in [7, 11) is 1.19. The topological polar surface area (TPSA) is 105 Å². The van der Waals surface area contributed by atoms with Crippen LogP contribution in [0.15, 0.2) is 0 Å².